The Bertz CT molecular complexity index is 1200. The van der Waals surface area contributed by atoms with Gasteiger partial charge >= 0.3 is 6.03 Å². The predicted molar refractivity (Wildman–Crippen MR) is 133 cm³/mol. The van der Waals surface area contributed by atoms with Gasteiger partial charge in [0.25, 0.3) is 0 Å². The highest BCUT2D eigenvalue weighted by Gasteiger charge is 2.40. The summed E-state index contributed by atoms with van der Waals surface area (Å²) in [6.45, 7) is 3.46. The number of anilines is 1. The number of carbonyl (C=O) groups is 4. The second-order valence-electron chi connectivity index (χ2n) is 9.04. The minimum atomic E-state index is -1.01. The van der Waals surface area contributed by atoms with Crippen molar-refractivity contribution < 1.29 is 28.0 Å². The van der Waals surface area contributed by atoms with Gasteiger partial charge in [-0.1, -0.05) is 35.9 Å². The maximum atomic E-state index is 13.9. The predicted octanol–water partition coefficient (Wildman–Crippen LogP) is 2.23. The molecule has 2 aromatic carbocycles. The molecule has 1 aliphatic rings. The van der Waals surface area contributed by atoms with Crippen LogP contribution in [0.5, 0.6) is 0 Å². The molecular formula is C26H29F2N5O4. The third kappa shape index (κ3) is 7.60. The fourth-order valence-electron chi connectivity index (χ4n) is 4.04. The lowest BCUT2D eigenvalue weighted by molar-refractivity contribution is -0.136. The zero-order valence-electron chi connectivity index (χ0n) is 20.5. The first-order valence-corrected chi connectivity index (χ1v) is 11.6. The largest absolute Gasteiger partial charge is 0.368 e. The summed E-state index contributed by atoms with van der Waals surface area (Å²) in [5, 5.41) is 7.53. The number of allylic oxidation sites excluding steroid dienone is 1. The van der Waals surface area contributed by atoms with E-state index in [4.69, 9.17) is 5.73 Å². The number of nitrogens with zero attached hydrogens (tertiary/aromatic N) is 1. The molecule has 2 aromatic rings. The molecule has 1 aliphatic heterocycles. The summed E-state index contributed by atoms with van der Waals surface area (Å²) in [5.74, 6) is -3.50. The Balaban J connectivity index is 1.72. The monoisotopic (exact) mass is 513 g/mol. The lowest BCUT2D eigenvalue weighted by atomic mass is 10.0. The van der Waals surface area contributed by atoms with Crippen LogP contribution in [0.2, 0.25) is 0 Å². The quantitative estimate of drug-likeness (QED) is 0.403. The summed E-state index contributed by atoms with van der Waals surface area (Å²) in [7, 11) is 0. The lowest BCUT2D eigenvalue weighted by Crippen LogP contribution is -2.52. The molecule has 5 N–H and O–H groups in total. The molecule has 5 amide bonds. The first-order valence-electron chi connectivity index (χ1n) is 11.6. The number of hydrogen-bond donors (Lipinski definition) is 4. The van der Waals surface area contributed by atoms with Gasteiger partial charge in [0.05, 0.1) is 11.7 Å². The molecule has 196 valence electrons. The molecule has 0 aliphatic carbocycles. The number of primary amides is 1. The van der Waals surface area contributed by atoms with Crippen LogP contribution >= 0.6 is 0 Å². The van der Waals surface area contributed by atoms with Crippen molar-refractivity contribution in [3.63, 3.8) is 0 Å². The first kappa shape index (κ1) is 27.3. The summed E-state index contributed by atoms with van der Waals surface area (Å²) < 4.78 is 27.0. The molecule has 0 radical (unpaired) electrons. The van der Waals surface area contributed by atoms with Crippen LogP contribution in [0.3, 0.4) is 0 Å². The smallest absolute Gasteiger partial charge is 0.319 e. The second-order valence-corrected chi connectivity index (χ2v) is 9.04. The highest BCUT2D eigenvalue weighted by atomic mass is 19.1. The maximum Gasteiger partial charge on any atom is 0.319 e. The zero-order chi connectivity index (χ0) is 27.1. The van der Waals surface area contributed by atoms with Crippen LogP contribution in [0.4, 0.5) is 19.3 Å². The van der Waals surface area contributed by atoms with Crippen molar-refractivity contribution in [3.8, 4) is 0 Å². The number of nitrogens with two attached hydrogens (primary N) is 1. The minimum absolute atomic E-state index is 0.0000562. The molecule has 3 atom stereocenters. The van der Waals surface area contributed by atoms with E-state index in [1.54, 1.807) is 38.1 Å². The molecule has 0 saturated carbocycles. The van der Waals surface area contributed by atoms with E-state index in [0.29, 0.717) is 11.6 Å². The SMILES string of the molecule is CC(C)=CC(=O)N1C[C@@H](NC(=O)Nc2ccc(F)cc2F)C[C@H]1C(=O)N[C@H](Cc1ccccc1)C(N)=O. The van der Waals surface area contributed by atoms with Gasteiger partial charge in [0.1, 0.15) is 23.7 Å². The Morgan fingerprint density at radius 3 is 2.43 bits per heavy atom. The van der Waals surface area contributed by atoms with Crippen molar-refractivity contribution >= 4 is 29.4 Å². The Morgan fingerprint density at radius 1 is 1.11 bits per heavy atom. The average Bonchev–Trinajstić information content (AvgIpc) is 3.24. The number of nitrogens with one attached hydrogen (secondary N) is 3. The van der Waals surface area contributed by atoms with Gasteiger partial charge in [-0.05, 0) is 38.0 Å². The standard InChI is InChI=1S/C26H29F2N5O4/c1-15(2)10-23(34)33-14-18(30-26(37)32-20-9-8-17(27)12-19(20)28)13-22(33)25(36)31-21(24(29)35)11-16-6-4-3-5-7-16/h3-10,12,18,21-22H,11,13-14H2,1-2H3,(H2,29,35)(H,31,36)(H2,30,32,37)/t18-,21+,22-/m0/s1. The molecule has 11 heteroatoms. The maximum absolute atomic E-state index is 13.9. The molecule has 1 heterocycles. The summed E-state index contributed by atoms with van der Waals surface area (Å²) in [6.07, 6.45) is 1.58. The second kappa shape index (κ2) is 12.1. The van der Waals surface area contributed by atoms with E-state index in [0.717, 1.165) is 17.7 Å². The third-order valence-corrected chi connectivity index (χ3v) is 5.76. The summed E-state index contributed by atoms with van der Waals surface area (Å²) in [5.41, 5.74) is 6.79. The first-order chi connectivity index (χ1) is 17.5. The molecule has 0 spiro atoms. The minimum Gasteiger partial charge on any atom is -0.368 e. The van der Waals surface area contributed by atoms with Gasteiger partial charge in [0, 0.05) is 25.1 Å². The van der Waals surface area contributed by atoms with Crippen molar-refractivity contribution in [1.29, 1.82) is 0 Å². The number of benzene rings is 2. The van der Waals surface area contributed by atoms with Crippen LogP contribution < -0.4 is 21.7 Å². The Labute approximate surface area is 213 Å². The van der Waals surface area contributed by atoms with Crippen LogP contribution in [0.1, 0.15) is 25.8 Å². The molecular weight excluding hydrogens is 484 g/mol. The normalized spacial score (nSPS) is 17.5. The number of hydrogen-bond acceptors (Lipinski definition) is 4. The molecule has 0 aromatic heterocycles. The van der Waals surface area contributed by atoms with Crippen LogP contribution in [0.15, 0.2) is 60.2 Å². The highest BCUT2D eigenvalue weighted by Crippen LogP contribution is 2.21. The average molecular weight is 514 g/mol. The van der Waals surface area contributed by atoms with Crippen LogP contribution in [0, 0.1) is 11.6 Å². The molecule has 9 nitrogen and oxygen atoms in total. The molecule has 0 bridgehead atoms. The van der Waals surface area contributed by atoms with Gasteiger partial charge in [-0.15, -0.1) is 0 Å². The van der Waals surface area contributed by atoms with Crippen molar-refractivity contribution in [3.05, 3.63) is 77.4 Å². The van der Waals surface area contributed by atoms with Gasteiger partial charge in [-0.25, -0.2) is 13.6 Å². The topological polar surface area (TPSA) is 134 Å². The van der Waals surface area contributed by atoms with Crippen molar-refractivity contribution in [2.45, 2.75) is 44.8 Å². The Kier molecular flexibility index (Phi) is 8.94. The highest BCUT2D eigenvalue weighted by molar-refractivity contribution is 5.96. The molecule has 0 unspecified atom stereocenters. The number of halogens is 2. The Hall–Kier alpha value is -4.28. The van der Waals surface area contributed by atoms with E-state index >= 15 is 0 Å². The third-order valence-electron chi connectivity index (χ3n) is 5.76. The van der Waals surface area contributed by atoms with Crippen LogP contribution in [-0.2, 0) is 20.8 Å². The van der Waals surface area contributed by atoms with E-state index in [-0.39, 0.29) is 25.1 Å². The summed E-state index contributed by atoms with van der Waals surface area (Å²) >= 11 is 0. The number of urea groups is 1. The van der Waals surface area contributed by atoms with E-state index < -0.39 is 53.5 Å². The lowest BCUT2D eigenvalue weighted by Gasteiger charge is -2.25. The number of likely N-dealkylation sites (tertiary alicyclic amines) is 1. The van der Waals surface area contributed by atoms with Gasteiger partial charge in [-0.2, -0.15) is 0 Å². The fraction of sp³-hybridized carbons (Fsp3) is 0.308. The number of amides is 5. The molecule has 1 fully saturated rings. The number of carbonyl (C=O) groups excluding carboxylic acids is 4. The molecule has 3 rings (SSSR count). The van der Waals surface area contributed by atoms with Crippen molar-refractivity contribution in [1.82, 2.24) is 15.5 Å². The van der Waals surface area contributed by atoms with Crippen LogP contribution in [0.25, 0.3) is 0 Å². The van der Waals surface area contributed by atoms with E-state index in [1.807, 2.05) is 6.07 Å². The summed E-state index contributed by atoms with van der Waals surface area (Å²) in [6, 6.07) is 8.28. The van der Waals surface area contributed by atoms with Gasteiger partial charge in [-0.3, -0.25) is 14.4 Å². The van der Waals surface area contributed by atoms with Gasteiger partial charge < -0.3 is 26.6 Å². The zero-order valence-corrected chi connectivity index (χ0v) is 20.5. The van der Waals surface area contributed by atoms with Gasteiger partial charge in [0.15, 0.2) is 0 Å². The van der Waals surface area contributed by atoms with E-state index in [1.165, 1.54) is 11.0 Å². The Morgan fingerprint density at radius 2 is 1.81 bits per heavy atom. The van der Waals surface area contributed by atoms with E-state index in [9.17, 15) is 28.0 Å². The molecule has 37 heavy (non-hydrogen) atoms. The number of rotatable bonds is 8. The summed E-state index contributed by atoms with van der Waals surface area (Å²) in [4.78, 5) is 51.8. The van der Waals surface area contributed by atoms with Crippen LogP contribution in [-0.4, -0.2) is 53.3 Å². The van der Waals surface area contributed by atoms with Gasteiger partial charge in [0.2, 0.25) is 17.7 Å². The van der Waals surface area contributed by atoms with Crippen molar-refractivity contribution in [2.75, 3.05) is 11.9 Å². The molecule has 1 saturated heterocycles. The van der Waals surface area contributed by atoms with E-state index in [2.05, 4.69) is 16.0 Å². The van der Waals surface area contributed by atoms with Crippen molar-refractivity contribution in [2.24, 2.45) is 5.73 Å². The fourth-order valence-corrected chi connectivity index (χ4v) is 4.04.